The van der Waals surface area contributed by atoms with Gasteiger partial charge in [-0.1, -0.05) is 41.9 Å². The van der Waals surface area contributed by atoms with Gasteiger partial charge in [-0.2, -0.15) is 0 Å². The van der Waals surface area contributed by atoms with Gasteiger partial charge in [0.25, 0.3) is 11.2 Å². The number of hydrogen-bond acceptors (Lipinski definition) is 6. The molecule has 0 saturated heterocycles. The summed E-state index contributed by atoms with van der Waals surface area (Å²) in [6.07, 6.45) is 2.45. The van der Waals surface area contributed by atoms with Crippen LogP contribution in [0.4, 0.5) is 5.69 Å². The summed E-state index contributed by atoms with van der Waals surface area (Å²) in [5.74, 6) is -0.00562. The van der Waals surface area contributed by atoms with Gasteiger partial charge in [0.1, 0.15) is 13.2 Å². The van der Waals surface area contributed by atoms with Crippen LogP contribution >= 0.6 is 11.6 Å². The van der Waals surface area contributed by atoms with E-state index >= 15 is 0 Å². The van der Waals surface area contributed by atoms with Crippen molar-refractivity contribution in [1.82, 2.24) is 4.98 Å². The van der Waals surface area contributed by atoms with Crippen LogP contribution in [0.2, 0.25) is 5.02 Å². The highest BCUT2D eigenvalue weighted by Crippen LogP contribution is 2.37. The minimum absolute atomic E-state index is 0.0950. The fourth-order valence-corrected chi connectivity index (χ4v) is 4.21. The van der Waals surface area contributed by atoms with Crippen LogP contribution in [0.1, 0.15) is 15.9 Å². The van der Waals surface area contributed by atoms with Crippen molar-refractivity contribution in [3.63, 3.8) is 0 Å². The Labute approximate surface area is 203 Å². The number of allylic oxidation sites excluding steroid dienone is 1. The number of halogens is 1. The number of pyridine rings is 1. The standard InChI is InChI=1S/C26H17ClN2O6/c27-17-7-8-19-18(13-17)24(15-4-2-1-3-5-15)25(26(31)28-19)21(30)9-6-16-12-22-23(35-11-10-34-22)14-20(16)29(32)33/h1-9,12-14H,10-11H2,(H,28,31)/b9-6+. The third kappa shape index (κ3) is 4.27. The molecule has 0 spiro atoms. The molecule has 0 unspecified atom stereocenters. The maximum atomic E-state index is 13.4. The zero-order chi connectivity index (χ0) is 24.5. The molecule has 2 heterocycles. The van der Waals surface area contributed by atoms with Gasteiger partial charge in [0.05, 0.1) is 22.1 Å². The second kappa shape index (κ2) is 9.08. The van der Waals surface area contributed by atoms with Gasteiger partial charge in [-0.05, 0) is 42.0 Å². The van der Waals surface area contributed by atoms with E-state index in [9.17, 15) is 19.7 Å². The highest BCUT2D eigenvalue weighted by molar-refractivity contribution is 6.31. The number of fused-ring (bicyclic) bond motifs is 2. The van der Waals surface area contributed by atoms with Gasteiger partial charge in [0, 0.05) is 21.5 Å². The predicted octanol–water partition coefficient (Wildman–Crippen LogP) is 5.42. The first kappa shape index (κ1) is 22.4. The number of nitro benzene ring substituents is 1. The number of hydrogen-bond donors (Lipinski definition) is 1. The monoisotopic (exact) mass is 488 g/mol. The molecule has 174 valence electrons. The molecule has 0 saturated carbocycles. The minimum Gasteiger partial charge on any atom is -0.486 e. The third-order valence-electron chi connectivity index (χ3n) is 5.59. The molecule has 0 aliphatic carbocycles. The quantitative estimate of drug-likeness (QED) is 0.174. The van der Waals surface area contributed by atoms with Crippen molar-refractivity contribution in [3.8, 4) is 22.6 Å². The van der Waals surface area contributed by atoms with E-state index in [2.05, 4.69) is 4.98 Å². The average Bonchev–Trinajstić information content (AvgIpc) is 2.86. The summed E-state index contributed by atoms with van der Waals surface area (Å²) in [4.78, 5) is 40.2. The lowest BCUT2D eigenvalue weighted by Gasteiger charge is -2.18. The van der Waals surface area contributed by atoms with Crippen LogP contribution in [0.5, 0.6) is 11.5 Å². The first-order valence-electron chi connectivity index (χ1n) is 10.6. The van der Waals surface area contributed by atoms with Crippen LogP contribution in [0, 0.1) is 10.1 Å². The van der Waals surface area contributed by atoms with Crippen LogP contribution in [0.25, 0.3) is 28.1 Å². The number of carbonyl (C=O) groups excluding carboxylic acids is 1. The van der Waals surface area contributed by atoms with Crippen molar-refractivity contribution < 1.29 is 19.2 Å². The number of nitro groups is 1. The second-order valence-electron chi connectivity index (χ2n) is 7.77. The third-order valence-corrected chi connectivity index (χ3v) is 5.82. The fourth-order valence-electron chi connectivity index (χ4n) is 4.04. The summed E-state index contributed by atoms with van der Waals surface area (Å²) >= 11 is 6.22. The summed E-state index contributed by atoms with van der Waals surface area (Å²) in [5, 5.41) is 12.7. The molecule has 4 aromatic rings. The maximum Gasteiger partial charge on any atom is 0.280 e. The number of benzene rings is 3. The first-order valence-corrected chi connectivity index (χ1v) is 11.0. The Bertz CT molecular complexity index is 1580. The van der Waals surface area contributed by atoms with E-state index < -0.39 is 16.3 Å². The number of ketones is 1. The number of nitrogens with one attached hydrogen (secondary N) is 1. The van der Waals surface area contributed by atoms with Crippen molar-refractivity contribution >= 4 is 40.1 Å². The maximum absolute atomic E-state index is 13.4. The number of aromatic nitrogens is 1. The van der Waals surface area contributed by atoms with Gasteiger partial charge in [0.15, 0.2) is 17.3 Å². The molecular formula is C26H17ClN2O6. The Morgan fingerprint density at radius 3 is 2.46 bits per heavy atom. The molecule has 1 aliphatic heterocycles. The number of H-pyrrole nitrogens is 1. The highest BCUT2D eigenvalue weighted by atomic mass is 35.5. The second-order valence-corrected chi connectivity index (χ2v) is 8.21. The molecule has 0 atom stereocenters. The molecule has 5 rings (SSSR count). The predicted molar refractivity (Wildman–Crippen MR) is 132 cm³/mol. The van der Waals surface area contributed by atoms with Crippen LogP contribution < -0.4 is 15.0 Å². The van der Waals surface area contributed by atoms with Crippen molar-refractivity contribution in [2.24, 2.45) is 0 Å². The Balaban J connectivity index is 1.66. The van der Waals surface area contributed by atoms with Gasteiger partial charge >= 0.3 is 0 Å². The van der Waals surface area contributed by atoms with E-state index in [4.69, 9.17) is 21.1 Å². The van der Waals surface area contributed by atoms with Crippen LogP contribution in [-0.4, -0.2) is 28.9 Å². The molecule has 1 aliphatic rings. The minimum atomic E-state index is -0.615. The van der Waals surface area contributed by atoms with Crippen LogP contribution in [-0.2, 0) is 0 Å². The smallest absolute Gasteiger partial charge is 0.280 e. The van der Waals surface area contributed by atoms with E-state index in [-0.39, 0.29) is 29.2 Å². The van der Waals surface area contributed by atoms with E-state index in [1.165, 1.54) is 18.2 Å². The van der Waals surface area contributed by atoms with E-state index in [1.54, 1.807) is 42.5 Å². The van der Waals surface area contributed by atoms with Crippen molar-refractivity contribution in [2.75, 3.05) is 13.2 Å². The molecule has 0 bridgehead atoms. The van der Waals surface area contributed by atoms with Gasteiger partial charge in [-0.15, -0.1) is 0 Å². The molecule has 1 N–H and O–H groups in total. The van der Waals surface area contributed by atoms with Crippen molar-refractivity contribution in [3.05, 3.63) is 103 Å². The summed E-state index contributed by atoms with van der Waals surface area (Å²) in [5.41, 5.74) is 0.842. The fraction of sp³-hybridized carbons (Fsp3) is 0.0769. The normalized spacial score (nSPS) is 12.7. The topological polar surface area (TPSA) is 112 Å². The number of carbonyl (C=O) groups is 1. The van der Waals surface area contributed by atoms with Gasteiger partial charge < -0.3 is 14.5 Å². The van der Waals surface area contributed by atoms with Gasteiger partial charge in [-0.25, -0.2) is 0 Å². The van der Waals surface area contributed by atoms with Gasteiger partial charge in [-0.3, -0.25) is 19.7 Å². The summed E-state index contributed by atoms with van der Waals surface area (Å²) in [6, 6.07) is 16.7. The molecule has 0 amide bonds. The molecular weight excluding hydrogens is 472 g/mol. The zero-order valence-electron chi connectivity index (χ0n) is 18.1. The highest BCUT2D eigenvalue weighted by Gasteiger charge is 2.23. The van der Waals surface area contributed by atoms with Crippen LogP contribution in [0.15, 0.2) is 71.5 Å². The Morgan fingerprint density at radius 2 is 1.74 bits per heavy atom. The Kier molecular flexibility index (Phi) is 5.80. The molecule has 3 aromatic carbocycles. The van der Waals surface area contributed by atoms with Crippen molar-refractivity contribution in [2.45, 2.75) is 0 Å². The molecule has 35 heavy (non-hydrogen) atoms. The lowest BCUT2D eigenvalue weighted by molar-refractivity contribution is -0.385. The number of nitrogens with zero attached hydrogens (tertiary/aromatic N) is 1. The zero-order valence-corrected chi connectivity index (χ0v) is 18.9. The first-order chi connectivity index (χ1) is 16.9. The summed E-state index contributed by atoms with van der Waals surface area (Å²) in [6.45, 7) is 0.594. The largest absolute Gasteiger partial charge is 0.486 e. The van der Waals surface area contributed by atoms with E-state index in [1.807, 2.05) is 6.07 Å². The van der Waals surface area contributed by atoms with Crippen molar-refractivity contribution in [1.29, 1.82) is 0 Å². The summed E-state index contributed by atoms with van der Waals surface area (Å²) < 4.78 is 10.9. The Morgan fingerprint density at radius 1 is 1.03 bits per heavy atom. The van der Waals surface area contributed by atoms with E-state index in [0.717, 1.165) is 6.08 Å². The van der Waals surface area contributed by atoms with E-state index in [0.29, 0.717) is 39.4 Å². The summed E-state index contributed by atoms with van der Waals surface area (Å²) in [7, 11) is 0. The number of rotatable bonds is 5. The van der Waals surface area contributed by atoms with Gasteiger partial charge in [0.2, 0.25) is 0 Å². The molecule has 1 aromatic heterocycles. The Hall–Kier alpha value is -4.43. The lowest BCUT2D eigenvalue weighted by Crippen LogP contribution is -2.18. The number of ether oxygens (including phenoxy) is 2. The average molecular weight is 489 g/mol. The molecule has 0 radical (unpaired) electrons. The SMILES string of the molecule is O=C(/C=C/c1cc2c(cc1[N+](=O)[O-])OCCO2)c1c(-c2ccccc2)c2cc(Cl)ccc2[nH]c1=O. The lowest BCUT2D eigenvalue weighted by atomic mass is 9.94. The molecule has 9 heteroatoms. The molecule has 8 nitrogen and oxygen atoms in total. The number of aromatic amines is 1. The molecule has 0 fully saturated rings. The van der Waals surface area contributed by atoms with Crippen LogP contribution in [0.3, 0.4) is 0 Å².